The first kappa shape index (κ1) is 15.2. The summed E-state index contributed by atoms with van der Waals surface area (Å²) >= 11 is 2.15. The van der Waals surface area contributed by atoms with Gasteiger partial charge in [0.25, 0.3) is 0 Å². The van der Waals surface area contributed by atoms with Gasteiger partial charge in [-0.15, -0.1) is 0 Å². The van der Waals surface area contributed by atoms with Crippen LogP contribution < -0.4 is 5.73 Å². The predicted molar refractivity (Wildman–Crippen MR) is 88.0 cm³/mol. The summed E-state index contributed by atoms with van der Waals surface area (Å²) in [6.07, 6.45) is 0. The molecule has 5 heteroatoms. The lowest BCUT2D eigenvalue weighted by molar-refractivity contribution is 0.564. The Hall–Kier alpha value is -1.24. The summed E-state index contributed by atoms with van der Waals surface area (Å²) < 4.78 is 14.5. The molecule has 1 heterocycles. The molecule has 0 fully saturated rings. The first-order chi connectivity index (χ1) is 9.20. The molecular weight excluding hydrogens is 368 g/mol. The molecule has 2 aromatic rings. The van der Waals surface area contributed by atoms with Crippen LogP contribution in [0.15, 0.2) is 18.2 Å². The summed E-state index contributed by atoms with van der Waals surface area (Å²) in [6.45, 7) is 7.92. The van der Waals surface area contributed by atoms with Gasteiger partial charge in [0.1, 0.15) is 11.6 Å². The summed E-state index contributed by atoms with van der Waals surface area (Å²) in [4.78, 5) is 8.86. The van der Waals surface area contributed by atoms with E-state index in [1.807, 2.05) is 6.07 Å². The molecule has 0 amide bonds. The third kappa shape index (κ3) is 2.92. The number of benzene rings is 1. The molecule has 0 aliphatic rings. The van der Waals surface area contributed by atoms with Crippen molar-refractivity contribution in [2.75, 3.05) is 5.73 Å². The van der Waals surface area contributed by atoms with Crippen molar-refractivity contribution >= 4 is 28.4 Å². The molecule has 0 saturated heterocycles. The second-order valence-electron chi connectivity index (χ2n) is 5.81. The summed E-state index contributed by atoms with van der Waals surface area (Å²) in [6, 6.07) is 4.98. The molecule has 0 atom stereocenters. The monoisotopic (exact) mass is 385 g/mol. The average Bonchev–Trinajstić information content (AvgIpc) is 2.34. The zero-order chi connectivity index (χ0) is 15.1. The summed E-state index contributed by atoms with van der Waals surface area (Å²) in [5.41, 5.74) is 7.94. The number of hydrogen-bond donors (Lipinski definition) is 1. The average molecular weight is 385 g/mol. The van der Waals surface area contributed by atoms with Gasteiger partial charge in [-0.1, -0.05) is 32.9 Å². The van der Waals surface area contributed by atoms with Gasteiger partial charge in [0, 0.05) is 11.0 Å². The fourth-order valence-corrected chi connectivity index (χ4v) is 2.87. The lowest BCUT2D eigenvalue weighted by Crippen LogP contribution is -2.18. The minimum absolute atomic E-state index is 0.147. The number of halogens is 2. The van der Waals surface area contributed by atoms with Gasteiger partial charge in [-0.3, -0.25) is 0 Å². The maximum atomic E-state index is 13.7. The van der Waals surface area contributed by atoms with Gasteiger partial charge in [-0.25, -0.2) is 14.4 Å². The van der Waals surface area contributed by atoms with Crippen LogP contribution in [0.1, 0.15) is 32.0 Å². The fourth-order valence-electron chi connectivity index (χ4n) is 1.82. The van der Waals surface area contributed by atoms with Crippen molar-refractivity contribution in [3.63, 3.8) is 0 Å². The predicted octanol–water partition coefficient (Wildman–Crippen LogP) is 4.08. The Labute approximate surface area is 132 Å². The quantitative estimate of drug-likeness (QED) is 0.753. The number of hydrogen-bond acceptors (Lipinski definition) is 3. The molecule has 0 radical (unpaired) electrons. The molecule has 0 aliphatic heterocycles. The number of aryl methyl sites for hydroxylation is 1. The van der Waals surface area contributed by atoms with Crippen LogP contribution in [0.3, 0.4) is 0 Å². The third-order valence-electron chi connectivity index (χ3n) is 3.02. The third-order valence-corrected chi connectivity index (χ3v) is 4.08. The van der Waals surface area contributed by atoms with Gasteiger partial charge in [-0.05, 0) is 41.1 Å². The molecule has 1 aromatic carbocycles. The first-order valence-electron chi connectivity index (χ1n) is 6.30. The standard InChI is InChI=1S/C15H17FIN3/c1-8-5-6-9(7-10(8)16)14-19-12(15(2,3)4)11(17)13(18)20-14/h5-7H,1-4H3,(H2,18,19,20). The summed E-state index contributed by atoms with van der Waals surface area (Å²) in [5, 5.41) is 0. The highest BCUT2D eigenvalue weighted by Gasteiger charge is 2.22. The van der Waals surface area contributed by atoms with Gasteiger partial charge < -0.3 is 5.73 Å². The molecule has 0 aliphatic carbocycles. The van der Waals surface area contributed by atoms with Crippen molar-refractivity contribution in [3.8, 4) is 11.4 Å². The van der Waals surface area contributed by atoms with Crippen LogP contribution in [0.25, 0.3) is 11.4 Å². The Morgan fingerprint density at radius 1 is 1.20 bits per heavy atom. The van der Waals surface area contributed by atoms with Gasteiger partial charge in [-0.2, -0.15) is 0 Å². The molecule has 2 N–H and O–H groups in total. The summed E-state index contributed by atoms with van der Waals surface area (Å²) in [7, 11) is 0. The van der Waals surface area contributed by atoms with Gasteiger partial charge in [0.2, 0.25) is 0 Å². The Kier molecular flexibility index (Phi) is 4.00. The Balaban J connectivity index is 2.63. The molecule has 1 aromatic heterocycles. The highest BCUT2D eigenvalue weighted by atomic mass is 127. The zero-order valence-electron chi connectivity index (χ0n) is 12.0. The SMILES string of the molecule is Cc1ccc(-c2nc(N)c(I)c(C(C)(C)C)n2)cc1F. The molecular formula is C15H17FIN3. The van der Waals surface area contributed by atoms with E-state index >= 15 is 0 Å². The Morgan fingerprint density at radius 3 is 2.40 bits per heavy atom. The number of rotatable bonds is 1. The van der Waals surface area contributed by atoms with E-state index in [2.05, 4.69) is 53.3 Å². The molecule has 3 nitrogen and oxygen atoms in total. The molecule has 0 unspecified atom stereocenters. The largest absolute Gasteiger partial charge is 0.383 e. The lowest BCUT2D eigenvalue weighted by Gasteiger charge is -2.21. The second-order valence-corrected chi connectivity index (χ2v) is 6.89. The van der Waals surface area contributed by atoms with E-state index in [4.69, 9.17) is 5.73 Å². The Morgan fingerprint density at radius 2 is 1.85 bits per heavy atom. The number of nitrogens with zero attached hydrogens (tertiary/aromatic N) is 2. The Bertz CT molecular complexity index is 663. The van der Waals surface area contributed by atoms with E-state index in [0.717, 1.165) is 9.26 Å². The maximum Gasteiger partial charge on any atom is 0.161 e. The minimum Gasteiger partial charge on any atom is -0.383 e. The van der Waals surface area contributed by atoms with E-state index in [1.54, 1.807) is 13.0 Å². The van der Waals surface area contributed by atoms with E-state index in [0.29, 0.717) is 22.8 Å². The number of anilines is 1. The minimum atomic E-state index is -0.263. The van der Waals surface area contributed by atoms with E-state index in [1.165, 1.54) is 6.07 Å². The van der Waals surface area contributed by atoms with E-state index in [-0.39, 0.29) is 11.2 Å². The summed E-state index contributed by atoms with van der Waals surface area (Å²) in [5.74, 6) is 0.633. The van der Waals surface area contributed by atoms with Crippen LogP contribution >= 0.6 is 22.6 Å². The molecule has 106 valence electrons. The van der Waals surface area contributed by atoms with Crippen molar-refractivity contribution in [1.82, 2.24) is 9.97 Å². The van der Waals surface area contributed by atoms with E-state index in [9.17, 15) is 4.39 Å². The second kappa shape index (κ2) is 5.27. The van der Waals surface area contributed by atoms with Crippen LogP contribution in [-0.4, -0.2) is 9.97 Å². The van der Waals surface area contributed by atoms with Crippen LogP contribution in [0.4, 0.5) is 10.2 Å². The lowest BCUT2D eigenvalue weighted by atomic mass is 9.91. The number of nitrogens with two attached hydrogens (primary N) is 1. The van der Waals surface area contributed by atoms with Crippen molar-refractivity contribution in [2.45, 2.75) is 33.1 Å². The topological polar surface area (TPSA) is 51.8 Å². The molecule has 2 rings (SSSR count). The molecule has 20 heavy (non-hydrogen) atoms. The van der Waals surface area contributed by atoms with Gasteiger partial charge >= 0.3 is 0 Å². The number of nitrogen functional groups attached to an aromatic ring is 1. The van der Waals surface area contributed by atoms with Crippen molar-refractivity contribution < 1.29 is 4.39 Å². The normalized spacial score (nSPS) is 11.7. The van der Waals surface area contributed by atoms with Gasteiger partial charge in [0.15, 0.2) is 5.82 Å². The molecule has 0 bridgehead atoms. The van der Waals surface area contributed by atoms with E-state index < -0.39 is 0 Å². The molecule has 0 saturated carbocycles. The van der Waals surface area contributed by atoms with Crippen LogP contribution in [0, 0.1) is 16.3 Å². The maximum absolute atomic E-state index is 13.7. The smallest absolute Gasteiger partial charge is 0.161 e. The van der Waals surface area contributed by atoms with Crippen molar-refractivity contribution in [1.29, 1.82) is 0 Å². The first-order valence-corrected chi connectivity index (χ1v) is 7.38. The zero-order valence-corrected chi connectivity index (χ0v) is 14.1. The fraction of sp³-hybridized carbons (Fsp3) is 0.333. The van der Waals surface area contributed by atoms with Crippen molar-refractivity contribution in [2.24, 2.45) is 0 Å². The number of aromatic nitrogens is 2. The van der Waals surface area contributed by atoms with Crippen molar-refractivity contribution in [3.05, 3.63) is 38.8 Å². The highest BCUT2D eigenvalue weighted by molar-refractivity contribution is 14.1. The molecule has 0 spiro atoms. The van der Waals surface area contributed by atoms with Gasteiger partial charge in [0.05, 0.1) is 9.26 Å². The highest BCUT2D eigenvalue weighted by Crippen LogP contribution is 2.30. The van der Waals surface area contributed by atoms with Crippen LogP contribution in [-0.2, 0) is 5.41 Å². The van der Waals surface area contributed by atoms with Crippen LogP contribution in [0.5, 0.6) is 0 Å². The van der Waals surface area contributed by atoms with Crippen LogP contribution in [0.2, 0.25) is 0 Å².